The molecular weight excluding hydrogens is 329 g/mol. The fourth-order valence-electron chi connectivity index (χ4n) is 2.33. The minimum Gasteiger partial charge on any atom is -0.387 e. The summed E-state index contributed by atoms with van der Waals surface area (Å²) in [5, 5.41) is 32.3. The van der Waals surface area contributed by atoms with Crippen molar-refractivity contribution in [1.82, 2.24) is 14.9 Å². The Morgan fingerprint density at radius 3 is 2.75 bits per heavy atom. The number of ether oxygens (including phenoxy) is 1. The molecule has 0 spiro atoms. The van der Waals surface area contributed by atoms with Crippen molar-refractivity contribution in [1.29, 1.82) is 0 Å². The number of aromatic amines is 1. The summed E-state index contributed by atoms with van der Waals surface area (Å²) in [5.41, 5.74) is -2.33. The second-order valence-corrected chi connectivity index (χ2v) is 5.35. The van der Waals surface area contributed by atoms with E-state index in [0.29, 0.717) is 17.2 Å². The molecule has 1 amide bonds. The van der Waals surface area contributed by atoms with E-state index in [0.717, 1.165) is 0 Å². The highest BCUT2D eigenvalue weighted by Crippen LogP contribution is 2.30. The SMILES string of the molecule is CCCNC(=O)[C@H](O)[C@H]1O[C@@H](n2cc(F)c(=O)[nH]c2=O)[C@@H](O)[C@H]1O. The smallest absolute Gasteiger partial charge is 0.330 e. The molecular formula is C13H18FN3O7. The maximum atomic E-state index is 13.3. The molecule has 11 heteroatoms. The van der Waals surface area contributed by atoms with Crippen LogP contribution in [0.5, 0.6) is 0 Å². The van der Waals surface area contributed by atoms with Crippen LogP contribution < -0.4 is 16.6 Å². The number of aliphatic hydroxyl groups excluding tert-OH is 3. The Bertz CT molecular complexity index is 718. The molecule has 0 unspecified atom stereocenters. The van der Waals surface area contributed by atoms with Gasteiger partial charge in [-0.3, -0.25) is 19.1 Å². The molecule has 2 heterocycles. The van der Waals surface area contributed by atoms with E-state index in [-0.39, 0.29) is 6.54 Å². The standard InChI is InChI=1S/C13H18FN3O7/c1-2-3-15-11(22)8(20)9-6(18)7(19)12(24-9)17-4-5(14)10(21)16-13(17)23/h4,6-9,12,18-20H,2-3H2,1H3,(H,15,22)(H,16,21,23)/t6-,7+,8-,9+,12-/m1/s1. The van der Waals surface area contributed by atoms with E-state index in [1.165, 1.54) is 0 Å². The van der Waals surface area contributed by atoms with Crippen LogP contribution in [-0.2, 0) is 9.53 Å². The molecule has 0 radical (unpaired) electrons. The van der Waals surface area contributed by atoms with Gasteiger partial charge in [-0.1, -0.05) is 6.92 Å². The van der Waals surface area contributed by atoms with Crippen LogP contribution in [0.4, 0.5) is 4.39 Å². The number of aromatic nitrogens is 2. The van der Waals surface area contributed by atoms with Crippen LogP contribution in [0.25, 0.3) is 0 Å². The molecule has 0 aliphatic carbocycles. The van der Waals surface area contributed by atoms with Crippen molar-refractivity contribution in [2.45, 2.75) is 44.0 Å². The molecule has 0 bridgehead atoms. The molecule has 2 rings (SSSR count). The number of carbonyl (C=O) groups excluding carboxylic acids is 1. The van der Waals surface area contributed by atoms with E-state index in [1.54, 1.807) is 11.9 Å². The Morgan fingerprint density at radius 2 is 2.12 bits per heavy atom. The first-order chi connectivity index (χ1) is 11.3. The monoisotopic (exact) mass is 347 g/mol. The van der Waals surface area contributed by atoms with Crippen LogP contribution in [0.15, 0.2) is 15.8 Å². The minimum atomic E-state index is -1.81. The average molecular weight is 347 g/mol. The first-order valence-corrected chi connectivity index (χ1v) is 7.26. The molecule has 0 saturated carbocycles. The normalized spacial score (nSPS) is 27.9. The summed E-state index contributed by atoms with van der Waals surface area (Å²) in [6.45, 7) is 2.08. The lowest BCUT2D eigenvalue weighted by Gasteiger charge is -2.20. The molecule has 0 aromatic carbocycles. The third-order valence-corrected chi connectivity index (χ3v) is 3.60. The van der Waals surface area contributed by atoms with Gasteiger partial charge in [0.05, 0.1) is 6.20 Å². The van der Waals surface area contributed by atoms with Crippen LogP contribution in [0.2, 0.25) is 0 Å². The first-order valence-electron chi connectivity index (χ1n) is 7.26. The summed E-state index contributed by atoms with van der Waals surface area (Å²) in [6, 6.07) is 0. The molecule has 5 atom stereocenters. The van der Waals surface area contributed by atoms with E-state index in [1.807, 2.05) is 0 Å². The van der Waals surface area contributed by atoms with Crippen LogP contribution in [0.1, 0.15) is 19.6 Å². The highest BCUT2D eigenvalue weighted by molar-refractivity contribution is 5.81. The predicted molar refractivity (Wildman–Crippen MR) is 76.5 cm³/mol. The number of aliphatic hydroxyl groups is 3. The van der Waals surface area contributed by atoms with Crippen LogP contribution in [0.3, 0.4) is 0 Å². The topological polar surface area (TPSA) is 154 Å². The second kappa shape index (κ2) is 7.21. The van der Waals surface area contributed by atoms with Crippen molar-refractivity contribution >= 4 is 5.91 Å². The summed E-state index contributed by atoms with van der Waals surface area (Å²) >= 11 is 0. The van der Waals surface area contributed by atoms with Gasteiger partial charge in [0.2, 0.25) is 5.82 Å². The van der Waals surface area contributed by atoms with E-state index in [4.69, 9.17) is 4.74 Å². The minimum absolute atomic E-state index is 0.287. The number of nitrogens with zero attached hydrogens (tertiary/aromatic N) is 1. The van der Waals surface area contributed by atoms with Gasteiger partial charge < -0.3 is 25.4 Å². The van der Waals surface area contributed by atoms with Gasteiger partial charge in [0.15, 0.2) is 12.3 Å². The van der Waals surface area contributed by atoms with E-state index < -0.39 is 53.6 Å². The molecule has 10 nitrogen and oxygen atoms in total. The Hall–Kier alpha value is -2.08. The lowest BCUT2D eigenvalue weighted by Crippen LogP contribution is -2.47. The van der Waals surface area contributed by atoms with Crippen molar-refractivity contribution in [3.8, 4) is 0 Å². The Balaban J connectivity index is 2.24. The summed E-state index contributed by atoms with van der Waals surface area (Å²) in [7, 11) is 0. The van der Waals surface area contributed by atoms with E-state index in [2.05, 4.69) is 5.32 Å². The number of hydrogen-bond donors (Lipinski definition) is 5. The van der Waals surface area contributed by atoms with Crippen LogP contribution in [0, 0.1) is 5.82 Å². The number of H-pyrrole nitrogens is 1. The second-order valence-electron chi connectivity index (χ2n) is 5.35. The quantitative estimate of drug-likeness (QED) is 0.385. The van der Waals surface area contributed by atoms with Crippen LogP contribution in [-0.4, -0.2) is 61.7 Å². The van der Waals surface area contributed by atoms with Crippen molar-refractivity contribution in [2.75, 3.05) is 6.54 Å². The van der Waals surface area contributed by atoms with Gasteiger partial charge in [0.1, 0.15) is 18.3 Å². The molecule has 1 saturated heterocycles. The molecule has 1 fully saturated rings. The molecule has 1 aliphatic rings. The summed E-state index contributed by atoms with van der Waals surface area (Å²) in [6.07, 6.45) is -7.25. The van der Waals surface area contributed by atoms with Gasteiger partial charge >= 0.3 is 5.69 Å². The zero-order chi connectivity index (χ0) is 18.0. The molecule has 1 aromatic heterocycles. The highest BCUT2D eigenvalue weighted by atomic mass is 19.1. The summed E-state index contributed by atoms with van der Waals surface area (Å²) < 4.78 is 19.0. The van der Waals surface area contributed by atoms with Gasteiger partial charge in [-0.05, 0) is 6.42 Å². The van der Waals surface area contributed by atoms with Gasteiger partial charge in [0.25, 0.3) is 11.5 Å². The number of carbonyl (C=O) groups is 1. The number of nitrogens with one attached hydrogen (secondary N) is 2. The third kappa shape index (κ3) is 3.38. The maximum absolute atomic E-state index is 13.3. The molecule has 24 heavy (non-hydrogen) atoms. The number of hydrogen-bond acceptors (Lipinski definition) is 7. The largest absolute Gasteiger partial charge is 0.387 e. The Kier molecular flexibility index (Phi) is 5.49. The molecule has 1 aromatic rings. The van der Waals surface area contributed by atoms with Crippen molar-refractivity contribution in [2.24, 2.45) is 0 Å². The van der Waals surface area contributed by atoms with Gasteiger partial charge in [-0.2, -0.15) is 4.39 Å². The number of rotatable bonds is 5. The van der Waals surface area contributed by atoms with Crippen molar-refractivity contribution in [3.05, 3.63) is 32.9 Å². The summed E-state index contributed by atoms with van der Waals surface area (Å²) in [5.74, 6) is -2.13. The number of halogens is 1. The maximum Gasteiger partial charge on any atom is 0.330 e. The predicted octanol–water partition coefficient (Wildman–Crippen LogP) is -2.82. The van der Waals surface area contributed by atoms with Gasteiger partial charge in [0, 0.05) is 6.54 Å². The molecule has 134 valence electrons. The van der Waals surface area contributed by atoms with Gasteiger partial charge in [-0.25, -0.2) is 4.79 Å². The van der Waals surface area contributed by atoms with E-state index >= 15 is 0 Å². The zero-order valence-corrected chi connectivity index (χ0v) is 12.7. The molecule has 1 aliphatic heterocycles. The lowest BCUT2D eigenvalue weighted by molar-refractivity contribution is -0.143. The fraction of sp³-hybridized carbons (Fsp3) is 0.615. The summed E-state index contributed by atoms with van der Waals surface area (Å²) in [4.78, 5) is 36.2. The zero-order valence-electron chi connectivity index (χ0n) is 12.7. The van der Waals surface area contributed by atoms with Crippen molar-refractivity contribution < 1.29 is 29.2 Å². The Morgan fingerprint density at radius 1 is 1.46 bits per heavy atom. The third-order valence-electron chi connectivity index (χ3n) is 3.60. The number of amides is 1. The lowest BCUT2D eigenvalue weighted by atomic mass is 10.0. The van der Waals surface area contributed by atoms with E-state index in [9.17, 15) is 34.1 Å². The highest BCUT2D eigenvalue weighted by Gasteiger charge is 2.49. The average Bonchev–Trinajstić information content (AvgIpc) is 2.83. The van der Waals surface area contributed by atoms with Crippen LogP contribution >= 0.6 is 0 Å². The first kappa shape index (κ1) is 18.3. The van der Waals surface area contributed by atoms with Gasteiger partial charge in [-0.15, -0.1) is 0 Å². The Labute approximate surface area is 134 Å². The van der Waals surface area contributed by atoms with Crippen molar-refractivity contribution in [3.63, 3.8) is 0 Å². The molecule has 5 N–H and O–H groups in total. The fourth-order valence-corrected chi connectivity index (χ4v) is 2.33.